The van der Waals surface area contributed by atoms with Crippen LogP contribution in [0.1, 0.15) is 16.6 Å². The maximum atomic E-state index is 13.0. The fourth-order valence-electron chi connectivity index (χ4n) is 3.73. The van der Waals surface area contributed by atoms with Crippen LogP contribution in [0.15, 0.2) is 35.4 Å². The van der Waals surface area contributed by atoms with Crippen molar-refractivity contribution in [2.45, 2.75) is 24.5 Å². The molecule has 206 valence electrons. The standard InChI is InChI=1S/C18H22N6O12P2/c1-20-9-5-3-2-4-8(9)17(27)35-13-12(25)10(6-33-38(31,32)36-37(28,29)30)34-16(13)24-7-21-11-14(24)22-18(19)23-15(11)26/h2-5,7,10,12-13,16,20,25H,6H2,1H3,(H,31,32)(H2,28,29,30)(H3,19,22,23,26)/t10-,12-,13-,16-/m1/s1. The number of aliphatic hydroxyl groups is 1. The molecular weight excluding hydrogens is 554 g/mol. The second kappa shape index (κ2) is 10.5. The van der Waals surface area contributed by atoms with Gasteiger partial charge in [-0.05, 0) is 12.1 Å². The lowest BCUT2D eigenvalue weighted by molar-refractivity contribution is -0.0557. The first-order valence-electron chi connectivity index (χ1n) is 10.6. The smallest absolute Gasteiger partial charge is 0.451 e. The summed E-state index contributed by atoms with van der Waals surface area (Å²) in [6, 6.07) is 6.32. The second-order valence-electron chi connectivity index (χ2n) is 7.83. The topological polar surface area (TPSA) is 271 Å². The monoisotopic (exact) mass is 576 g/mol. The van der Waals surface area contributed by atoms with Crippen LogP contribution in [0.3, 0.4) is 0 Å². The van der Waals surface area contributed by atoms with E-state index in [0.717, 1.165) is 10.9 Å². The number of carbonyl (C=O) groups is 1. The molecule has 1 saturated heterocycles. The summed E-state index contributed by atoms with van der Waals surface area (Å²) in [5.41, 5.74) is 5.20. The number of aliphatic hydroxyl groups excluding tert-OH is 1. The number of aromatic amines is 1. The van der Waals surface area contributed by atoms with E-state index in [9.17, 15) is 28.7 Å². The summed E-state index contributed by atoms with van der Waals surface area (Å²) < 4.78 is 43.5. The normalized spacial score (nSPS) is 23.3. The molecule has 1 aliphatic rings. The zero-order valence-electron chi connectivity index (χ0n) is 19.3. The molecule has 8 N–H and O–H groups in total. The Morgan fingerprint density at radius 2 is 2.00 bits per heavy atom. The minimum absolute atomic E-state index is 0.0978. The number of imidazole rings is 1. The molecule has 4 rings (SSSR count). The fraction of sp³-hybridized carbons (Fsp3) is 0.333. The summed E-state index contributed by atoms with van der Waals surface area (Å²) in [4.78, 5) is 62.6. The first-order chi connectivity index (χ1) is 17.8. The molecule has 2 aromatic heterocycles. The Labute approximate surface area is 212 Å². The fourth-order valence-corrected chi connectivity index (χ4v) is 5.33. The van der Waals surface area contributed by atoms with Gasteiger partial charge in [-0.1, -0.05) is 12.1 Å². The molecule has 20 heteroatoms. The van der Waals surface area contributed by atoms with Crippen LogP contribution in [0.25, 0.3) is 11.2 Å². The van der Waals surface area contributed by atoms with Crippen molar-refractivity contribution in [3.05, 3.63) is 46.5 Å². The molecule has 5 atom stereocenters. The number of phosphoric ester groups is 1. The first kappa shape index (κ1) is 27.8. The molecule has 38 heavy (non-hydrogen) atoms. The zero-order valence-corrected chi connectivity index (χ0v) is 21.1. The molecule has 3 aromatic rings. The number of carbonyl (C=O) groups excluding carboxylic acids is 1. The van der Waals surface area contributed by atoms with E-state index in [1.807, 2.05) is 0 Å². The highest BCUT2D eigenvalue weighted by Gasteiger charge is 2.49. The van der Waals surface area contributed by atoms with Crippen LogP contribution in [0.5, 0.6) is 0 Å². The van der Waals surface area contributed by atoms with Crippen molar-refractivity contribution < 1.29 is 52.0 Å². The van der Waals surface area contributed by atoms with Crippen molar-refractivity contribution in [3.63, 3.8) is 0 Å². The van der Waals surface area contributed by atoms with Gasteiger partial charge in [0.15, 0.2) is 23.5 Å². The van der Waals surface area contributed by atoms with Crippen molar-refractivity contribution >= 4 is 44.4 Å². The van der Waals surface area contributed by atoms with Crippen LogP contribution < -0.4 is 16.6 Å². The molecule has 0 spiro atoms. The number of H-pyrrole nitrogens is 1. The third-order valence-corrected chi connectivity index (χ3v) is 7.46. The number of aromatic nitrogens is 4. The highest BCUT2D eigenvalue weighted by molar-refractivity contribution is 7.60. The minimum atomic E-state index is -5.41. The number of phosphoric acid groups is 2. The van der Waals surface area contributed by atoms with Gasteiger partial charge >= 0.3 is 21.6 Å². The van der Waals surface area contributed by atoms with Crippen LogP contribution in [-0.4, -0.2) is 77.2 Å². The summed E-state index contributed by atoms with van der Waals surface area (Å²) >= 11 is 0. The molecule has 18 nitrogen and oxygen atoms in total. The van der Waals surface area contributed by atoms with Crippen molar-refractivity contribution in [1.82, 2.24) is 19.5 Å². The quantitative estimate of drug-likeness (QED) is 0.124. The molecule has 1 aliphatic heterocycles. The summed E-state index contributed by atoms with van der Waals surface area (Å²) in [5.74, 6) is -1.16. The van der Waals surface area contributed by atoms with E-state index in [-0.39, 0.29) is 22.7 Å². The van der Waals surface area contributed by atoms with E-state index in [1.165, 1.54) is 6.07 Å². The van der Waals surface area contributed by atoms with Gasteiger partial charge in [0.05, 0.1) is 18.5 Å². The van der Waals surface area contributed by atoms with E-state index >= 15 is 0 Å². The van der Waals surface area contributed by atoms with Crippen LogP contribution in [-0.2, 0) is 27.4 Å². The third-order valence-electron chi connectivity index (χ3n) is 5.31. The molecule has 0 saturated carbocycles. The summed E-state index contributed by atoms with van der Waals surface area (Å²) in [5, 5.41) is 13.8. The number of nitrogen functional groups attached to an aromatic ring is 1. The molecule has 0 aliphatic carbocycles. The van der Waals surface area contributed by atoms with E-state index in [4.69, 9.17) is 25.0 Å². The SMILES string of the molecule is CNc1ccccc1C(=O)O[C@@H]1[C@H](O)[C@@H](COP(=O)(O)OP(=O)(O)O)O[C@H]1n1cnc2c(=O)[nH]c(N)nc21. The van der Waals surface area contributed by atoms with Crippen LogP contribution in [0.2, 0.25) is 0 Å². The van der Waals surface area contributed by atoms with Gasteiger partial charge < -0.3 is 40.3 Å². The number of esters is 1. The molecule has 1 fully saturated rings. The summed E-state index contributed by atoms with van der Waals surface area (Å²) in [6.07, 6.45) is -5.05. The molecule has 0 radical (unpaired) electrons. The lowest BCUT2D eigenvalue weighted by atomic mass is 10.1. The number of nitrogens with one attached hydrogen (secondary N) is 2. The number of hydrogen-bond donors (Lipinski definition) is 7. The van der Waals surface area contributed by atoms with Gasteiger partial charge in [0.1, 0.15) is 12.2 Å². The minimum Gasteiger partial charge on any atom is -0.451 e. The Morgan fingerprint density at radius 1 is 1.29 bits per heavy atom. The maximum absolute atomic E-state index is 13.0. The summed E-state index contributed by atoms with van der Waals surface area (Å²) in [6.45, 7) is -0.935. The lowest BCUT2D eigenvalue weighted by Crippen LogP contribution is -2.37. The van der Waals surface area contributed by atoms with Crippen LogP contribution >= 0.6 is 15.6 Å². The number of ether oxygens (including phenoxy) is 2. The number of anilines is 2. The van der Waals surface area contributed by atoms with Gasteiger partial charge in [-0.15, -0.1) is 0 Å². The van der Waals surface area contributed by atoms with Gasteiger partial charge in [0.25, 0.3) is 5.56 Å². The Morgan fingerprint density at radius 3 is 2.68 bits per heavy atom. The van der Waals surface area contributed by atoms with Crippen molar-refractivity contribution in [3.8, 4) is 0 Å². The maximum Gasteiger partial charge on any atom is 0.481 e. The van der Waals surface area contributed by atoms with Crippen molar-refractivity contribution in [2.75, 3.05) is 24.7 Å². The van der Waals surface area contributed by atoms with Gasteiger partial charge in [-0.3, -0.25) is 18.9 Å². The summed E-state index contributed by atoms with van der Waals surface area (Å²) in [7, 11) is -9.12. The number of rotatable bonds is 9. The van der Waals surface area contributed by atoms with Crippen LogP contribution in [0.4, 0.5) is 11.6 Å². The molecule has 1 unspecified atom stereocenters. The third kappa shape index (κ3) is 5.94. The van der Waals surface area contributed by atoms with E-state index in [1.54, 1.807) is 25.2 Å². The van der Waals surface area contributed by atoms with Crippen molar-refractivity contribution in [2.24, 2.45) is 0 Å². The zero-order chi connectivity index (χ0) is 27.8. The lowest BCUT2D eigenvalue weighted by Gasteiger charge is -2.22. The number of nitrogens with zero attached hydrogens (tertiary/aromatic N) is 3. The van der Waals surface area contributed by atoms with E-state index in [2.05, 4.69) is 29.1 Å². The highest BCUT2D eigenvalue weighted by atomic mass is 31.3. The Hall–Kier alpha value is -3.18. The average Bonchev–Trinajstić information content (AvgIpc) is 3.37. The predicted octanol–water partition coefficient (Wildman–Crippen LogP) is -0.546. The number of benzene rings is 1. The molecule has 0 bridgehead atoms. The molecule has 1 aromatic carbocycles. The number of nitrogens with two attached hydrogens (primary N) is 1. The van der Waals surface area contributed by atoms with Crippen molar-refractivity contribution in [1.29, 1.82) is 0 Å². The van der Waals surface area contributed by atoms with Crippen LogP contribution in [0, 0.1) is 0 Å². The second-order valence-corrected chi connectivity index (χ2v) is 10.7. The van der Waals surface area contributed by atoms with Gasteiger partial charge in [0, 0.05) is 12.7 Å². The Balaban J connectivity index is 1.67. The Bertz CT molecular complexity index is 1500. The molecule has 3 heterocycles. The van der Waals surface area contributed by atoms with Gasteiger partial charge in [0.2, 0.25) is 5.95 Å². The van der Waals surface area contributed by atoms with E-state index < -0.39 is 58.3 Å². The number of para-hydroxylation sites is 1. The van der Waals surface area contributed by atoms with Gasteiger partial charge in [-0.2, -0.15) is 9.29 Å². The first-order valence-corrected chi connectivity index (χ1v) is 13.6. The highest BCUT2D eigenvalue weighted by Crippen LogP contribution is 2.57. The van der Waals surface area contributed by atoms with Gasteiger partial charge in [-0.25, -0.2) is 18.9 Å². The molecule has 0 amide bonds. The van der Waals surface area contributed by atoms with E-state index in [0.29, 0.717) is 5.69 Å². The largest absolute Gasteiger partial charge is 0.481 e. The number of hydrogen-bond acceptors (Lipinski definition) is 13. The number of fused-ring (bicyclic) bond motifs is 1. The Kier molecular flexibility index (Phi) is 7.72. The predicted molar refractivity (Wildman–Crippen MR) is 127 cm³/mol. The molecular formula is C18H22N6O12P2. The average molecular weight is 576 g/mol.